The van der Waals surface area contributed by atoms with Crippen LogP contribution in [0, 0.1) is 0 Å². The van der Waals surface area contributed by atoms with Crippen molar-refractivity contribution in [1.29, 1.82) is 0 Å². The largest absolute Gasteiger partial charge is 0.329 e. The molecule has 1 aromatic heterocycles. The van der Waals surface area contributed by atoms with E-state index in [0.29, 0.717) is 6.04 Å². The van der Waals surface area contributed by atoms with Crippen LogP contribution in [0.4, 0.5) is 0 Å². The molecule has 21 heavy (non-hydrogen) atoms. The van der Waals surface area contributed by atoms with Crippen LogP contribution in [0.5, 0.6) is 0 Å². The minimum absolute atomic E-state index is 0.494. The number of rotatable bonds is 12. The smallest absolute Gasteiger partial charge is 0.0271 e. The minimum atomic E-state index is 0.494. The first kappa shape index (κ1) is 18.1. The van der Waals surface area contributed by atoms with E-state index in [4.69, 9.17) is 5.73 Å². The summed E-state index contributed by atoms with van der Waals surface area (Å²) in [5.41, 5.74) is 7.26. The summed E-state index contributed by atoms with van der Waals surface area (Å²) in [4.78, 5) is 6.45. The fourth-order valence-corrected chi connectivity index (χ4v) is 2.76. The van der Waals surface area contributed by atoms with Gasteiger partial charge in [-0.1, -0.05) is 51.9 Å². The van der Waals surface area contributed by atoms with Crippen molar-refractivity contribution in [2.75, 3.05) is 13.6 Å². The van der Waals surface area contributed by atoms with Gasteiger partial charge >= 0.3 is 0 Å². The number of likely N-dealkylation sites (N-methyl/N-ethyl adjacent to an activating group) is 1. The van der Waals surface area contributed by atoms with Crippen LogP contribution < -0.4 is 5.73 Å². The third kappa shape index (κ3) is 8.18. The molecular formula is C18H33N3. The normalized spacial score (nSPS) is 12.8. The molecule has 1 unspecified atom stereocenters. The van der Waals surface area contributed by atoms with Gasteiger partial charge in [0.25, 0.3) is 0 Å². The summed E-state index contributed by atoms with van der Waals surface area (Å²) in [7, 11) is 2.18. The topological polar surface area (TPSA) is 42.1 Å². The maximum absolute atomic E-state index is 5.95. The maximum atomic E-state index is 5.95. The molecule has 2 N–H and O–H groups in total. The third-order valence-electron chi connectivity index (χ3n) is 4.22. The highest BCUT2D eigenvalue weighted by atomic mass is 15.1. The van der Waals surface area contributed by atoms with Gasteiger partial charge in [0.1, 0.15) is 0 Å². The molecule has 3 nitrogen and oxygen atoms in total. The Hall–Kier alpha value is -0.930. The van der Waals surface area contributed by atoms with Crippen molar-refractivity contribution in [2.24, 2.45) is 5.73 Å². The Bertz CT molecular complexity index is 340. The zero-order valence-corrected chi connectivity index (χ0v) is 13.9. The van der Waals surface area contributed by atoms with Gasteiger partial charge in [0, 0.05) is 31.5 Å². The van der Waals surface area contributed by atoms with Crippen molar-refractivity contribution in [3.05, 3.63) is 30.1 Å². The Balaban J connectivity index is 2.18. The molecule has 0 saturated heterocycles. The summed E-state index contributed by atoms with van der Waals surface area (Å²) >= 11 is 0. The molecule has 3 heteroatoms. The number of aromatic nitrogens is 1. The monoisotopic (exact) mass is 291 g/mol. The van der Waals surface area contributed by atoms with E-state index in [1.165, 1.54) is 56.9 Å². The molecule has 0 aliphatic heterocycles. The van der Waals surface area contributed by atoms with Gasteiger partial charge in [0.2, 0.25) is 0 Å². The van der Waals surface area contributed by atoms with Gasteiger partial charge < -0.3 is 5.73 Å². The second-order valence-electron chi connectivity index (χ2n) is 6.07. The molecule has 1 aromatic rings. The van der Waals surface area contributed by atoms with Crippen LogP contribution in [0.3, 0.4) is 0 Å². The van der Waals surface area contributed by atoms with Gasteiger partial charge in [-0.15, -0.1) is 0 Å². The highest BCUT2D eigenvalue weighted by Crippen LogP contribution is 2.13. The summed E-state index contributed by atoms with van der Waals surface area (Å²) in [5.74, 6) is 0. The van der Waals surface area contributed by atoms with E-state index in [1.807, 2.05) is 12.4 Å². The van der Waals surface area contributed by atoms with Crippen molar-refractivity contribution >= 4 is 0 Å². The van der Waals surface area contributed by atoms with Gasteiger partial charge in [-0.25, -0.2) is 0 Å². The number of hydrogen-bond acceptors (Lipinski definition) is 3. The number of pyridine rings is 1. The summed E-state index contributed by atoms with van der Waals surface area (Å²) in [6, 6.07) is 4.66. The molecule has 1 heterocycles. The molecule has 0 bridgehead atoms. The lowest BCUT2D eigenvalue weighted by atomic mass is 10.0. The van der Waals surface area contributed by atoms with Gasteiger partial charge in [-0.3, -0.25) is 9.88 Å². The van der Waals surface area contributed by atoms with Crippen molar-refractivity contribution < 1.29 is 0 Å². The molecule has 1 atom stereocenters. The molecule has 0 aliphatic rings. The molecule has 0 spiro atoms. The average molecular weight is 291 g/mol. The van der Waals surface area contributed by atoms with E-state index in [9.17, 15) is 0 Å². The number of unbranched alkanes of at least 4 members (excludes halogenated alkanes) is 6. The lowest BCUT2D eigenvalue weighted by Crippen LogP contribution is -2.37. The first-order chi connectivity index (χ1) is 10.3. The Morgan fingerprint density at radius 3 is 2.29 bits per heavy atom. The van der Waals surface area contributed by atoms with Crippen molar-refractivity contribution in [3.8, 4) is 0 Å². The third-order valence-corrected chi connectivity index (χ3v) is 4.22. The van der Waals surface area contributed by atoms with Gasteiger partial charge in [0.15, 0.2) is 0 Å². The fourth-order valence-electron chi connectivity index (χ4n) is 2.76. The van der Waals surface area contributed by atoms with E-state index in [2.05, 4.69) is 36.0 Å². The van der Waals surface area contributed by atoms with Gasteiger partial charge in [-0.2, -0.15) is 0 Å². The number of nitrogens with two attached hydrogens (primary N) is 1. The van der Waals surface area contributed by atoms with E-state index < -0.39 is 0 Å². The second-order valence-corrected chi connectivity index (χ2v) is 6.07. The van der Waals surface area contributed by atoms with Crippen LogP contribution in [0.15, 0.2) is 24.5 Å². The Kier molecular flexibility index (Phi) is 10.1. The maximum Gasteiger partial charge on any atom is 0.0271 e. The number of nitrogens with zero attached hydrogens (tertiary/aromatic N) is 2. The summed E-state index contributed by atoms with van der Waals surface area (Å²) in [6.07, 6.45) is 14.5. The number of hydrogen-bond donors (Lipinski definition) is 1. The van der Waals surface area contributed by atoms with Crippen molar-refractivity contribution in [2.45, 2.75) is 70.9 Å². The lowest BCUT2D eigenvalue weighted by Gasteiger charge is -2.27. The first-order valence-corrected chi connectivity index (χ1v) is 8.57. The Labute approximate surface area is 130 Å². The fraction of sp³-hybridized carbons (Fsp3) is 0.722. The molecule has 0 fully saturated rings. The summed E-state index contributed by atoms with van der Waals surface area (Å²) < 4.78 is 0. The summed E-state index contributed by atoms with van der Waals surface area (Å²) in [6.45, 7) is 3.97. The highest BCUT2D eigenvalue weighted by Gasteiger charge is 2.12. The predicted octanol–water partition coefficient (Wildman–Crippen LogP) is 3.98. The van der Waals surface area contributed by atoms with Gasteiger partial charge in [0.05, 0.1) is 0 Å². The van der Waals surface area contributed by atoms with Crippen molar-refractivity contribution in [1.82, 2.24) is 9.88 Å². The minimum Gasteiger partial charge on any atom is -0.329 e. The zero-order chi connectivity index (χ0) is 15.3. The van der Waals surface area contributed by atoms with Crippen LogP contribution in [0.25, 0.3) is 0 Å². The molecule has 1 rings (SSSR count). The summed E-state index contributed by atoms with van der Waals surface area (Å²) in [5, 5.41) is 0. The van der Waals surface area contributed by atoms with E-state index in [-0.39, 0.29) is 0 Å². The zero-order valence-electron chi connectivity index (χ0n) is 13.9. The van der Waals surface area contributed by atoms with Crippen LogP contribution in [0.2, 0.25) is 0 Å². The first-order valence-electron chi connectivity index (χ1n) is 8.57. The van der Waals surface area contributed by atoms with Crippen LogP contribution in [-0.4, -0.2) is 29.5 Å². The predicted molar refractivity (Wildman–Crippen MR) is 91.2 cm³/mol. The molecule has 0 aliphatic carbocycles. The van der Waals surface area contributed by atoms with E-state index >= 15 is 0 Å². The molecular weight excluding hydrogens is 258 g/mol. The quantitative estimate of drug-likeness (QED) is 0.592. The SMILES string of the molecule is CCCCCCCCCC(CN)N(C)Cc1ccncc1. The molecule has 120 valence electrons. The molecule has 0 amide bonds. The molecule has 0 aromatic carbocycles. The second kappa shape index (κ2) is 11.7. The molecule has 0 radical (unpaired) electrons. The van der Waals surface area contributed by atoms with Crippen LogP contribution in [-0.2, 0) is 6.54 Å². The standard InChI is InChI=1S/C18H33N3/c1-3-4-5-6-7-8-9-10-18(15-19)21(2)16-17-11-13-20-14-12-17/h11-14,18H,3-10,15-16,19H2,1-2H3. The van der Waals surface area contributed by atoms with Crippen LogP contribution >= 0.6 is 0 Å². The highest BCUT2D eigenvalue weighted by molar-refractivity contribution is 5.09. The lowest BCUT2D eigenvalue weighted by molar-refractivity contribution is 0.222. The van der Waals surface area contributed by atoms with Crippen LogP contribution in [0.1, 0.15) is 63.9 Å². The average Bonchev–Trinajstić information content (AvgIpc) is 2.51. The van der Waals surface area contributed by atoms with Gasteiger partial charge in [-0.05, 0) is 31.2 Å². The van der Waals surface area contributed by atoms with Crippen molar-refractivity contribution in [3.63, 3.8) is 0 Å². The Morgan fingerprint density at radius 1 is 1.05 bits per heavy atom. The van der Waals surface area contributed by atoms with E-state index in [0.717, 1.165) is 13.1 Å². The molecule has 0 saturated carbocycles. The Morgan fingerprint density at radius 2 is 1.67 bits per heavy atom. The van der Waals surface area contributed by atoms with E-state index in [1.54, 1.807) is 0 Å².